The molecular weight excluding hydrogens is 789 g/mol. The maximum Gasteiger partial charge on any atom is 0.336 e. The van der Waals surface area contributed by atoms with Crippen molar-refractivity contribution in [1.82, 2.24) is 0 Å². The van der Waals surface area contributed by atoms with E-state index in [1.54, 1.807) is 103 Å². The number of nitrogens with one attached hydrogen (secondary N) is 2. The van der Waals surface area contributed by atoms with Gasteiger partial charge in [-0.3, -0.25) is 25.6 Å². The van der Waals surface area contributed by atoms with Gasteiger partial charge in [0.1, 0.15) is 48.6 Å². The van der Waals surface area contributed by atoms with Crippen molar-refractivity contribution >= 4 is 40.3 Å². The van der Waals surface area contributed by atoms with Gasteiger partial charge in [-0.1, -0.05) is 12.1 Å². The summed E-state index contributed by atoms with van der Waals surface area (Å²) in [6.45, 7) is -0.345. The van der Waals surface area contributed by atoms with Crippen LogP contribution in [0.2, 0.25) is 0 Å². The number of amides is 1. The van der Waals surface area contributed by atoms with Crippen LogP contribution in [-0.4, -0.2) is 42.8 Å². The number of anilines is 2. The first-order valence-corrected chi connectivity index (χ1v) is 18.5. The number of aromatic carboxylic acids is 2. The fraction of sp³-hybridized carbons (Fsp3) is 0.0714. The number of carboxylic acids is 2. The van der Waals surface area contributed by atoms with E-state index < -0.39 is 28.9 Å². The van der Waals surface area contributed by atoms with E-state index in [0.717, 1.165) is 0 Å². The summed E-state index contributed by atoms with van der Waals surface area (Å²) in [4.78, 5) is 50.1. The largest absolute Gasteiger partial charge is 0.478 e. The molecule has 0 aromatic heterocycles. The molecule has 302 valence electrons. The Morgan fingerprint density at radius 1 is 0.542 bits per heavy atom. The van der Waals surface area contributed by atoms with Gasteiger partial charge in [-0.25, -0.2) is 23.6 Å². The number of benzene rings is 6. The van der Waals surface area contributed by atoms with Crippen LogP contribution in [-0.2, 0) is 45.5 Å². The second-order valence-corrected chi connectivity index (χ2v) is 13.5. The molecule has 0 saturated carbocycles. The van der Waals surface area contributed by atoms with E-state index in [1.807, 2.05) is 0 Å². The Hall–Kier alpha value is -7.12. The lowest BCUT2D eigenvalue weighted by Gasteiger charge is -2.12. The normalized spacial score (nSPS) is 11.3. The Morgan fingerprint density at radius 3 is 1.68 bits per heavy atom. The molecule has 0 radical (unpaired) electrons. The van der Waals surface area contributed by atoms with Crippen molar-refractivity contribution in [3.8, 4) is 28.7 Å². The average molecular weight is 823 g/mol. The molecule has 1 amide bonds. The smallest absolute Gasteiger partial charge is 0.336 e. The SMILES string of the molecule is O=C(O)c1ccc(COO)c(CONc2ccc(Oc3ccc(OS(=O)c4ccc(Oc5ccc(NC(=O)c6cc(COO)ccc6C(=O)O)cc5)cc4)cc3)cc2)c1. The minimum atomic E-state index is -1.85. The predicted molar refractivity (Wildman–Crippen MR) is 211 cm³/mol. The molecule has 6 N–H and O–H groups in total. The Morgan fingerprint density at radius 2 is 1.10 bits per heavy atom. The number of ether oxygens (including phenoxy) is 2. The molecular formula is C42H34N2O14S. The van der Waals surface area contributed by atoms with Gasteiger partial charge in [0.15, 0.2) is 0 Å². The highest BCUT2D eigenvalue weighted by atomic mass is 32.2. The number of carbonyl (C=O) groups excluding carboxylic acids is 1. The van der Waals surface area contributed by atoms with E-state index in [0.29, 0.717) is 61.7 Å². The highest BCUT2D eigenvalue weighted by Crippen LogP contribution is 2.28. The highest BCUT2D eigenvalue weighted by Gasteiger charge is 2.18. The second kappa shape index (κ2) is 19.8. The van der Waals surface area contributed by atoms with Gasteiger partial charge >= 0.3 is 11.9 Å². The summed E-state index contributed by atoms with van der Waals surface area (Å²) in [6.07, 6.45) is 0. The van der Waals surface area contributed by atoms with E-state index in [1.165, 1.54) is 30.3 Å². The summed E-state index contributed by atoms with van der Waals surface area (Å²) in [5, 5.41) is 39.0. The number of hydrogen-bond acceptors (Lipinski definition) is 13. The third-order valence-electron chi connectivity index (χ3n) is 8.33. The molecule has 0 fully saturated rings. The summed E-state index contributed by atoms with van der Waals surface area (Å²) >= 11 is -1.85. The van der Waals surface area contributed by atoms with Crippen molar-refractivity contribution in [2.24, 2.45) is 0 Å². The topological polar surface area (TPSA) is 229 Å². The quantitative estimate of drug-likeness (QED) is 0.0332. The van der Waals surface area contributed by atoms with Gasteiger partial charge in [-0.2, -0.15) is 0 Å². The lowest BCUT2D eigenvalue weighted by atomic mass is 10.0. The van der Waals surface area contributed by atoms with Crippen LogP contribution >= 0.6 is 0 Å². The molecule has 16 nitrogen and oxygen atoms in total. The van der Waals surface area contributed by atoms with E-state index in [2.05, 4.69) is 20.6 Å². The van der Waals surface area contributed by atoms with Crippen LogP contribution in [0.4, 0.5) is 11.4 Å². The van der Waals surface area contributed by atoms with Crippen molar-refractivity contribution in [1.29, 1.82) is 0 Å². The first-order valence-electron chi connectivity index (χ1n) is 17.4. The van der Waals surface area contributed by atoms with Gasteiger partial charge in [-0.05, 0) is 138 Å². The zero-order chi connectivity index (χ0) is 41.7. The minimum Gasteiger partial charge on any atom is -0.478 e. The standard InChI is InChI=1S/C42H34N2O14S/c45-40(39-21-26(23-54-50)1-20-38(39)42(48)49)43-30-4-8-32(9-5-30)57-35-16-18-37(19-17-35)59(52)58-36-14-12-34(13-15-36)56-33-10-6-31(7-11-33)44-53-24-29-22-27(41(46)47)2-3-28(29)25-55-51/h1-22,44,50-51H,23-25H2,(H,43,45)(H,46,47)(H,48,49). The molecule has 0 aliphatic heterocycles. The van der Waals surface area contributed by atoms with Crippen molar-refractivity contribution < 1.29 is 67.6 Å². The number of carboxylic acid groups (broad SMARTS) is 2. The molecule has 0 spiro atoms. The van der Waals surface area contributed by atoms with Gasteiger partial charge in [0, 0.05) is 5.69 Å². The summed E-state index contributed by atoms with van der Waals surface area (Å²) < 4.78 is 30.4. The molecule has 6 rings (SSSR count). The number of carbonyl (C=O) groups is 3. The first-order chi connectivity index (χ1) is 28.6. The zero-order valence-electron chi connectivity index (χ0n) is 30.6. The molecule has 6 aromatic carbocycles. The molecule has 0 heterocycles. The van der Waals surface area contributed by atoms with E-state index >= 15 is 0 Å². The molecule has 59 heavy (non-hydrogen) atoms. The van der Waals surface area contributed by atoms with Gasteiger partial charge < -0.3 is 29.2 Å². The zero-order valence-corrected chi connectivity index (χ0v) is 31.4. The van der Waals surface area contributed by atoms with Gasteiger partial charge in [0.05, 0.1) is 27.3 Å². The molecule has 1 unspecified atom stereocenters. The van der Waals surface area contributed by atoms with Crippen molar-refractivity contribution in [3.05, 3.63) is 167 Å². The molecule has 6 aromatic rings. The lowest BCUT2D eigenvalue weighted by Crippen LogP contribution is -2.17. The van der Waals surface area contributed by atoms with Crippen LogP contribution in [0.3, 0.4) is 0 Å². The number of rotatable bonds is 19. The first kappa shape index (κ1) is 41.5. The Kier molecular flexibility index (Phi) is 14.0. The van der Waals surface area contributed by atoms with Crippen LogP contribution in [0.5, 0.6) is 28.7 Å². The Labute approximate surface area is 338 Å². The van der Waals surface area contributed by atoms with Crippen LogP contribution < -0.4 is 24.5 Å². The third kappa shape index (κ3) is 11.5. The molecule has 0 aliphatic carbocycles. The van der Waals surface area contributed by atoms with Gasteiger partial charge in [0.25, 0.3) is 5.91 Å². The molecule has 0 saturated heterocycles. The van der Waals surface area contributed by atoms with Crippen molar-refractivity contribution in [3.63, 3.8) is 0 Å². The third-order valence-corrected chi connectivity index (χ3v) is 9.33. The molecule has 17 heteroatoms. The van der Waals surface area contributed by atoms with Crippen LogP contribution in [0.15, 0.2) is 138 Å². The van der Waals surface area contributed by atoms with E-state index in [4.69, 9.17) is 29.0 Å². The maximum atomic E-state index is 12.9. The summed E-state index contributed by atoms with van der Waals surface area (Å²) in [6, 6.07) is 34.6. The minimum absolute atomic E-state index is 0.00187. The Bertz CT molecular complexity index is 2430. The van der Waals surface area contributed by atoms with Crippen LogP contribution in [0, 0.1) is 0 Å². The second-order valence-electron chi connectivity index (χ2n) is 12.4. The number of hydrogen-bond donors (Lipinski definition) is 6. The maximum absolute atomic E-state index is 12.9. The van der Waals surface area contributed by atoms with Gasteiger partial charge in [0.2, 0.25) is 11.1 Å². The fourth-order valence-electron chi connectivity index (χ4n) is 5.42. The van der Waals surface area contributed by atoms with Crippen molar-refractivity contribution in [2.45, 2.75) is 24.7 Å². The molecule has 0 bridgehead atoms. The van der Waals surface area contributed by atoms with Crippen LogP contribution in [0.25, 0.3) is 0 Å². The molecule has 0 aliphatic rings. The van der Waals surface area contributed by atoms with E-state index in [9.17, 15) is 28.8 Å². The molecule has 1 atom stereocenters. The van der Waals surface area contributed by atoms with E-state index in [-0.39, 0.29) is 36.5 Å². The van der Waals surface area contributed by atoms with Crippen LogP contribution in [0.1, 0.15) is 47.8 Å². The monoisotopic (exact) mass is 822 g/mol. The van der Waals surface area contributed by atoms with Gasteiger partial charge in [-0.15, -0.1) is 0 Å². The predicted octanol–water partition coefficient (Wildman–Crippen LogP) is 8.54. The summed E-state index contributed by atoms with van der Waals surface area (Å²) in [5.74, 6) is -0.784. The Balaban J connectivity index is 0.960. The van der Waals surface area contributed by atoms with Crippen molar-refractivity contribution in [2.75, 3.05) is 10.8 Å². The fourth-order valence-corrected chi connectivity index (χ4v) is 6.16. The summed E-state index contributed by atoms with van der Waals surface area (Å²) in [7, 11) is 0. The summed E-state index contributed by atoms with van der Waals surface area (Å²) in [5.41, 5.74) is 5.03. The average Bonchev–Trinajstić information content (AvgIpc) is 3.23. The lowest BCUT2D eigenvalue weighted by molar-refractivity contribution is -0.253. The highest BCUT2D eigenvalue weighted by molar-refractivity contribution is 7.80.